The fraction of sp³-hybridized carbons (Fsp3) is 0.923. The molecule has 0 saturated heterocycles. The number of hydrogen-bond acceptors (Lipinski definition) is 2. The second kappa shape index (κ2) is 4.36. The first-order valence-electron chi connectivity index (χ1n) is 6.26. The second-order valence-electron chi connectivity index (χ2n) is 6.13. The number of carbonyl (C=O) groups excluding carboxylic acids is 1. The van der Waals surface area contributed by atoms with Crippen molar-refractivity contribution < 1.29 is 4.79 Å². The normalized spacial score (nSPS) is 23.9. The molecule has 1 aliphatic rings. The quantitative estimate of drug-likeness (QED) is 0.752. The van der Waals surface area contributed by atoms with Crippen LogP contribution in [0, 0.1) is 10.8 Å². The maximum absolute atomic E-state index is 11.7. The minimum atomic E-state index is 0.115. The van der Waals surface area contributed by atoms with Gasteiger partial charge < -0.3 is 10.6 Å². The van der Waals surface area contributed by atoms with Crippen LogP contribution in [0.5, 0.6) is 0 Å². The highest BCUT2D eigenvalue weighted by Crippen LogP contribution is 2.62. The molecule has 0 aromatic rings. The predicted octanol–water partition coefficient (Wildman–Crippen LogP) is 1.93. The van der Waals surface area contributed by atoms with Gasteiger partial charge in [0, 0.05) is 12.1 Å². The lowest BCUT2D eigenvalue weighted by Gasteiger charge is -2.12. The van der Waals surface area contributed by atoms with E-state index in [0.29, 0.717) is 18.6 Å². The molecule has 0 aromatic carbocycles. The first-order chi connectivity index (χ1) is 7.23. The Balaban J connectivity index is 2.32. The van der Waals surface area contributed by atoms with Gasteiger partial charge in [0.05, 0.1) is 6.54 Å². The second-order valence-corrected chi connectivity index (χ2v) is 6.13. The van der Waals surface area contributed by atoms with Gasteiger partial charge in [-0.3, -0.25) is 4.79 Å². The summed E-state index contributed by atoms with van der Waals surface area (Å²) in [5.74, 6) is 0.115. The summed E-state index contributed by atoms with van der Waals surface area (Å²) in [5.41, 5.74) is 0.443. The maximum Gasteiger partial charge on any atom is 0.234 e. The van der Waals surface area contributed by atoms with Gasteiger partial charge in [-0.15, -0.1) is 0 Å². The summed E-state index contributed by atoms with van der Waals surface area (Å²) in [7, 11) is 0. The molecule has 1 saturated carbocycles. The van der Waals surface area contributed by atoms with Crippen LogP contribution in [-0.4, -0.2) is 24.5 Å². The van der Waals surface area contributed by atoms with Crippen molar-refractivity contribution in [1.82, 2.24) is 10.6 Å². The summed E-state index contributed by atoms with van der Waals surface area (Å²) >= 11 is 0. The molecule has 0 spiro atoms. The zero-order valence-corrected chi connectivity index (χ0v) is 11.5. The third kappa shape index (κ3) is 2.40. The van der Waals surface area contributed by atoms with Gasteiger partial charge in [-0.05, 0) is 24.2 Å². The molecule has 0 aliphatic heterocycles. The Kier molecular flexibility index (Phi) is 3.68. The topological polar surface area (TPSA) is 41.1 Å². The zero-order valence-electron chi connectivity index (χ0n) is 11.5. The van der Waals surface area contributed by atoms with Crippen LogP contribution in [0.2, 0.25) is 0 Å². The van der Waals surface area contributed by atoms with Gasteiger partial charge in [-0.2, -0.15) is 0 Å². The Bertz CT molecular complexity index is 257. The van der Waals surface area contributed by atoms with Crippen LogP contribution < -0.4 is 10.6 Å². The van der Waals surface area contributed by atoms with Crippen molar-refractivity contribution in [3.8, 4) is 0 Å². The number of rotatable bonds is 5. The van der Waals surface area contributed by atoms with Gasteiger partial charge >= 0.3 is 0 Å². The Labute approximate surface area is 99.4 Å². The van der Waals surface area contributed by atoms with Crippen molar-refractivity contribution in [1.29, 1.82) is 0 Å². The fourth-order valence-corrected chi connectivity index (χ4v) is 2.18. The van der Waals surface area contributed by atoms with E-state index in [2.05, 4.69) is 52.2 Å². The summed E-state index contributed by atoms with van der Waals surface area (Å²) in [6.07, 6.45) is 1.05. The number of amides is 1. The van der Waals surface area contributed by atoms with Crippen LogP contribution in [0.4, 0.5) is 0 Å². The largest absolute Gasteiger partial charge is 0.351 e. The van der Waals surface area contributed by atoms with Gasteiger partial charge in [0.15, 0.2) is 0 Å². The molecule has 1 unspecified atom stereocenters. The van der Waals surface area contributed by atoms with Gasteiger partial charge in [0.2, 0.25) is 5.91 Å². The highest BCUT2D eigenvalue weighted by molar-refractivity contribution is 5.79. The summed E-state index contributed by atoms with van der Waals surface area (Å²) in [6.45, 7) is 13.5. The Morgan fingerprint density at radius 1 is 1.25 bits per heavy atom. The van der Waals surface area contributed by atoms with E-state index < -0.39 is 0 Å². The van der Waals surface area contributed by atoms with Crippen LogP contribution in [0.25, 0.3) is 0 Å². The molecule has 0 bridgehead atoms. The molecule has 1 fully saturated rings. The minimum absolute atomic E-state index is 0.115. The van der Waals surface area contributed by atoms with E-state index in [-0.39, 0.29) is 16.7 Å². The average Bonchev–Trinajstić information content (AvgIpc) is 2.57. The molecule has 3 heteroatoms. The van der Waals surface area contributed by atoms with E-state index in [1.54, 1.807) is 0 Å². The van der Waals surface area contributed by atoms with Crippen LogP contribution in [0.15, 0.2) is 0 Å². The molecule has 1 atom stereocenters. The molecule has 0 radical (unpaired) electrons. The zero-order chi connectivity index (χ0) is 12.6. The lowest BCUT2D eigenvalue weighted by atomic mass is 10.0. The summed E-state index contributed by atoms with van der Waals surface area (Å²) in [6, 6.07) is 0.720. The van der Waals surface area contributed by atoms with E-state index in [4.69, 9.17) is 0 Å². The molecule has 0 aromatic heterocycles. The Hall–Kier alpha value is -0.570. The first kappa shape index (κ1) is 13.5. The summed E-state index contributed by atoms with van der Waals surface area (Å²) < 4.78 is 0. The van der Waals surface area contributed by atoms with E-state index >= 15 is 0 Å². The van der Waals surface area contributed by atoms with Crippen LogP contribution in [-0.2, 0) is 4.79 Å². The van der Waals surface area contributed by atoms with Gasteiger partial charge in [0.25, 0.3) is 0 Å². The molecule has 1 amide bonds. The molecule has 0 heterocycles. The summed E-state index contributed by atoms with van der Waals surface area (Å²) in [4.78, 5) is 11.7. The van der Waals surface area contributed by atoms with Crippen molar-refractivity contribution in [3.63, 3.8) is 0 Å². The minimum Gasteiger partial charge on any atom is -0.351 e. The van der Waals surface area contributed by atoms with E-state index in [9.17, 15) is 4.79 Å². The number of nitrogens with one attached hydrogen (secondary N) is 2. The number of hydrogen-bond donors (Lipinski definition) is 2. The molecule has 94 valence electrons. The average molecular weight is 226 g/mol. The highest BCUT2D eigenvalue weighted by atomic mass is 16.2. The lowest BCUT2D eigenvalue weighted by Crippen LogP contribution is -2.40. The molecule has 1 aliphatic carbocycles. The molecular formula is C13H26N2O. The van der Waals surface area contributed by atoms with Crippen molar-refractivity contribution in [3.05, 3.63) is 0 Å². The third-order valence-corrected chi connectivity index (χ3v) is 4.55. The Morgan fingerprint density at radius 2 is 1.75 bits per heavy atom. The van der Waals surface area contributed by atoms with Crippen LogP contribution in [0.1, 0.15) is 48.0 Å². The molecule has 1 rings (SSSR count). The summed E-state index contributed by atoms with van der Waals surface area (Å²) in [5, 5.41) is 6.32. The van der Waals surface area contributed by atoms with Gasteiger partial charge in [-0.25, -0.2) is 0 Å². The molecule has 3 nitrogen and oxygen atoms in total. The van der Waals surface area contributed by atoms with Gasteiger partial charge in [0.1, 0.15) is 0 Å². The van der Waals surface area contributed by atoms with E-state index in [1.807, 2.05) is 0 Å². The standard InChI is InChI=1S/C13H26N2O/c1-7-9(2)14-8-10(16)15-11-12(3,4)13(11,5)6/h9,11,14H,7-8H2,1-6H3,(H,15,16). The lowest BCUT2D eigenvalue weighted by molar-refractivity contribution is -0.120. The monoisotopic (exact) mass is 226 g/mol. The van der Waals surface area contributed by atoms with Crippen molar-refractivity contribution in [2.24, 2.45) is 10.8 Å². The van der Waals surface area contributed by atoms with E-state index in [0.717, 1.165) is 6.42 Å². The van der Waals surface area contributed by atoms with Crippen LogP contribution in [0.3, 0.4) is 0 Å². The highest BCUT2D eigenvalue weighted by Gasteiger charge is 2.65. The molecular weight excluding hydrogens is 200 g/mol. The molecule has 16 heavy (non-hydrogen) atoms. The SMILES string of the molecule is CCC(C)NCC(=O)NC1C(C)(C)C1(C)C. The van der Waals surface area contributed by atoms with Crippen molar-refractivity contribution in [2.45, 2.75) is 60.0 Å². The Morgan fingerprint density at radius 3 is 2.12 bits per heavy atom. The van der Waals surface area contributed by atoms with Crippen LogP contribution >= 0.6 is 0 Å². The first-order valence-corrected chi connectivity index (χ1v) is 6.26. The van der Waals surface area contributed by atoms with Crippen molar-refractivity contribution in [2.75, 3.05) is 6.54 Å². The van der Waals surface area contributed by atoms with Gasteiger partial charge in [-0.1, -0.05) is 34.6 Å². The molecule has 2 N–H and O–H groups in total. The van der Waals surface area contributed by atoms with Crippen molar-refractivity contribution >= 4 is 5.91 Å². The maximum atomic E-state index is 11.7. The predicted molar refractivity (Wildman–Crippen MR) is 67.2 cm³/mol. The fourth-order valence-electron chi connectivity index (χ4n) is 2.18. The number of carbonyl (C=O) groups is 1. The smallest absolute Gasteiger partial charge is 0.234 e. The third-order valence-electron chi connectivity index (χ3n) is 4.55. The van der Waals surface area contributed by atoms with E-state index in [1.165, 1.54) is 0 Å².